The predicted molar refractivity (Wildman–Crippen MR) is 106 cm³/mol. The first-order valence-electron chi connectivity index (χ1n) is 8.95. The van der Waals surface area contributed by atoms with Crippen molar-refractivity contribution in [2.24, 2.45) is 0 Å². The van der Waals surface area contributed by atoms with Crippen LogP contribution in [0.5, 0.6) is 0 Å². The van der Waals surface area contributed by atoms with Gasteiger partial charge in [-0.25, -0.2) is 14.4 Å². The Hall–Kier alpha value is -3.32. The Labute approximate surface area is 172 Å². The van der Waals surface area contributed by atoms with Crippen LogP contribution in [0.4, 0.5) is 4.79 Å². The Balaban J connectivity index is 1.92. The van der Waals surface area contributed by atoms with Crippen molar-refractivity contribution in [3.8, 4) is 0 Å². The van der Waals surface area contributed by atoms with Gasteiger partial charge in [-0.15, -0.1) is 0 Å². The lowest BCUT2D eigenvalue weighted by Gasteiger charge is -2.29. The topological polar surface area (TPSA) is 93.7 Å². The SMILES string of the molecule is CCOC(=O)C1=C(COC(=O)c2ccccc2Cl)NC(=O)N[C@H]1c1ccccc1. The van der Waals surface area contributed by atoms with E-state index in [1.54, 1.807) is 49.4 Å². The Morgan fingerprint density at radius 1 is 1.00 bits per heavy atom. The lowest BCUT2D eigenvalue weighted by atomic mass is 9.95. The minimum absolute atomic E-state index is 0.154. The Morgan fingerprint density at radius 2 is 1.69 bits per heavy atom. The van der Waals surface area contributed by atoms with E-state index < -0.39 is 24.0 Å². The molecule has 29 heavy (non-hydrogen) atoms. The van der Waals surface area contributed by atoms with Gasteiger partial charge in [0.2, 0.25) is 0 Å². The number of nitrogens with one attached hydrogen (secondary N) is 2. The number of ether oxygens (including phenoxy) is 2. The number of carbonyl (C=O) groups excluding carboxylic acids is 3. The van der Waals surface area contributed by atoms with E-state index in [0.717, 1.165) is 0 Å². The highest BCUT2D eigenvalue weighted by molar-refractivity contribution is 6.33. The van der Waals surface area contributed by atoms with Gasteiger partial charge in [0.15, 0.2) is 0 Å². The molecule has 2 amide bonds. The van der Waals surface area contributed by atoms with Gasteiger partial charge >= 0.3 is 18.0 Å². The summed E-state index contributed by atoms with van der Waals surface area (Å²) in [6, 6.07) is 14.2. The average molecular weight is 415 g/mol. The van der Waals surface area contributed by atoms with Crippen LogP contribution < -0.4 is 10.6 Å². The van der Waals surface area contributed by atoms with Crippen molar-refractivity contribution in [3.05, 3.63) is 82.0 Å². The van der Waals surface area contributed by atoms with Crippen LogP contribution in [0.25, 0.3) is 0 Å². The lowest BCUT2D eigenvalue weighted by molar-refractivity contribution is -0.139. The Morgan fingerprint density at radius 3 is 2.38 bits per heavy atom. The highest BCUT2D eigenvalue weighted by Gasteiger charge is 2.34. The van der Waals surface area contributed by atoms with E-state index >= 15 is 0 Å². The zero-order valence-corrected chi connectivity index (χ0v) is 16.4. The van der Waals surface area contributed by atoms with Gasteiger partial charge in [-0.05, 0) is 24.6 Å². The lowest BCUT2D eigenvalue weighted by Crippen LogP contribution is -2.47. The third kappa shape index (κ3) is 4.75. The average Bonchev–Trinajstić information content (AvgIpc) is 2.72. The molecule has 0 aliphatic carbocycles. The van der Waals surface area contributed by atoms with E-state index in [2.05, 4.69) is 10.6 Å². The molecular weight excluding hydrogens is 396 g/mol. The number of halogens is 1. The third-order valence-electron chi connectivity index (χ3n) is 4.22. The van der Waals surface area contributed by atoms with E-state index in [9.17, 15) is 14.4 Å². The molecule has 0 bridgehead atoms. The quantitative estimate of drug-likeness (QED) is 0.707. The zero-order valence-electron chi connectivity index (χ0n) is 15.6. The molecule has 2 aromatic carbocycles. The number of carbonyl (C=O) groups is 3. The zero-order chi connectivity index (χ0) is 20.8. The van der Waals surface area contributed by atoms with Gasteiger partial charge in [-0.2, -0.15) is 0 Å². The molecular formula is C21H19ClN2O5. The van der Waals surface area contributed by atoms with Gasteiger partial charge < -0.3 is 20.1 Å². The number of hydrogen-bond acceptors (Lipinski definition) is 5. The van der Waals surface area contributed by atoms with Gasteiger partial charge in [0.25, 0.3) is 0 Å². The van der Waals surface area contributed by atoms with Crippen LogP contribution in [0, 0.1) is 0 Å². The summed E-state index contributed by atoms with van der Waals surface area (Å²) in [5.74, 6) is -1.28. The van der Waals surface area contributed by atoms with Gasteiger partial charge in [0, 0.05) is 0 Å². The molecule has 150 valence electrons. The minimum Gasteiger partial charge on any atom is -0.463 e. The molecule has 8 heteroatoms. The Kier molecular flexibility index (Phi) is 6.51. The molecule has 0 saturated carbocycles. The summed E-state index contributed by atoms with van der Waals surface area (Å²) in [7, 11) is 0. The van der Waals surface area contributed by atoms with Crippen LogP contribution in [0.2, 0.25) is 5.02 Å². The van der Waals surface area contributed by atoms with Crippen molar-refractivity contribution >= 4 is 29.6 Å². The number of rotatable bonds is 6. The summed E-state index contributed by atoms with van der Waals surface area (Å²) < 4.78 is 10.5. The maximum Gasteiger partial charge on any atom is 0.340 e. The fourth-order valence-corrected chi connectivity index (χ4v) is 3.13. The summed E-state index contributed by atoms with van der Waals surface area (Å²) in [5, 5.41) is 5.50. The van der Waals surface area contributed by atoms with E-state index in [-0.39, 0.29) is 35.1 Å². The van der Waals surface area contributed by atoms with Crippen molar-refractivity contribution in [2.75, 3.05) is 13.2 Å². The molecule has 0 unspecified atom stereocenters. The van der Waals surface area contributed by atoms with E-state index in [4.69, 9.17) is 21.1 Å². The van der Waals surface area contributed by atoms with Crippen molar-refractivity contribution in [2.45, 2.75) is 13.0 Å². The summed E-state index contributed by atoms with van der Waals surface area (Å²) in [6.07, 6.45) is 0. The molecule has 2 aromatic rings. The minimum atomic E-state index is -0.738. The van der Waals surface area contributed by atoms with Crippen LogP contribution in [-0.4, -0.2) is 31.2 Å². The first-order valence-corrected chi connectivity index (χ1v) is 9.33. The Bertz CT molecular complexity index is 959. The molecule has 0 spiro atoms. The van der Waals surface area contributed by atoms with E-state index in [1.807, 2.05) is 6.07 Å². The van der Waals surface area contributed by atoms with Gasteiger partial charge in [-0.3, -0.25) is 0 Å². The van der Waals surface area contributed by atoms with Crippen LogP contribution >= 0.6 is 11.6 Å². The van der Waals surface area contributed by atoms with Crippen LogP contribution in [-0.2, 0) is 14.3 Å². The maximum atomic E-state index is 12.6. The molecule has 0 fully saturated rings. The molecule has 0 aromatic heterocycles. The van der Waals surface area contributed by atoms with Crippen molar-refractivity contribution in [1.29, 1.82) is 0 Å². The number of amides is 2. The summed E-state index contributed by atoms with van der Waals surface area (Å²) >= 11 is 6.02. The van der Waals surface area contributed by atoms with Crippen LogP contribution in [0.1, 0.15) is 28.9 Å². The van der Waals surface area contributed by atoms with Crippen molar-refractivity contribution in [3.63, 3.8) is 0 Å². The monoisotopic (exact) mass is 414 g/mol. The van der Waals surface area contributed by atoms with E-state index in [0.29, 0.717) is 5.56 Å². The summed E-state index contributed by atoms with van der Waals surface area (Å²) in [6.45, 7) is 1.52. The largest absolute Gasteiger partial charge is 0.463 e. The normalized spacial score (nSPS) is 15.9. The second-order valence-electron chi connectivity index (χ2n) is 6.11. The first-order chi connectivity index (χ1) is 14.0. The molecule has 0 saturated heterocycles. The maximum absolute atomic E-state index is 12.6. The second-order valence-corrected chi connectivity index (χ2v) is 6.52. The molecule has 1 atom stereocenters. The second kappa shape index (κ2) is 9.25. The highest BCUT2D eigenvalue weighted by Crippen LogP contribution is 2.28. The fourth-order valence-electron chi connectivity index (χ4n) is 2.92. The number of esters is 2. The van der Waals surface area contributed by atoms with Gasteiger partial charge in [0.1, 0.15) is 6.61 Å². The summed E-state index contributed by atoms with van der Waals surface area (Å²) in [4.78, 5) is 37.2. The van der Waals surface area contributed by atoms with E-state index in [1.165, 1.54) is 6.07 Å². The van der Waals surface area contributed by atoms with Gasteiger partial charge in [-0.1, -0.05) is 54.1 Å². The van der Waals surface area contributed by atoms with Crippen LogP contribution in [0.3, 0.4) is 0 Å². The number of benzene rings is 2. The molecule has 0 radical (unpaired) electrons. The molecule has 1 heterocycles. The highest BCUT2D eigenvalue weighted by atomic mass is 35.5. The summed E-state index contributed by atoms with van der Waals surface area (Å²) in [5.41, 5.74) is 1.21. The molecule has 3 rings (SSSR count). The smallest absolute Gasteiger partial charge is 0.340 e. The standard InChI is InChI=1S/C21H19ClN2O5/c1-2-28-20(26)17-16(12-29-19(25)14-10-6-7-11-15(14)22)23-21(27)24-18(17)13-8-4-3-5-9-13/h3-11,18H,2,12H2,1H3,(H2,23,24,27)/t18-/m0/s1. The number of urea groups is 1. The van der Waals surface area contributed by atoms with Crippen molar-refractivity contribution < 1.29 is 23.9 Å². The molecule has 7 nitrogen and oxygen atoms in total. The first kappa shape index (κ1) is 20.4. The van der Waals surface area contributed by atoms with Crippen LogP contribution in [0.15, 0.2) is 65.9 Å². The van der Waals surface area contributed by atoms with Gasteiger partial charge in [0.05, 0.1) is 34.5 Å². The number of hydrogen-bond donors (Lipinski definition) is 2. The predicted octanol–water partition coefficient (Wildman–Crippen LogP) is 3.37. The molecule has 1 aliphatic heterocycles. The molecule has 2 N–H and O–H groups in total. The third-order valence-corrected chi connectivity index (χ3v) is 4.55. The fraction of sp³-hybridized carbons (Fsp3) is 0.190. The van der Waals surface area contributed by atoms with Crippen molar-refractivity contribution in [1.82, 2.24) is 10.6 Å². The molecule has 1 aliphatic rings.